The Morgan fingerprint density at radius 3 is 2.65 bits per heavy atom. The average molecular weight is 598 g/mol. The smallest absolute Gasteiger partial charge is 0.488 e. The van der Waals surface area contributed by atoms with E-state index in [4.69, 9.17) is 24.4 Å². The molecule has 3 aliphatic rings. The lowest BCUT2D eigenvalue weighted by molar-refractivity contribution is -0.192. The number of nitrogens with zero attached hydrogens (tertiary/aromatic N) is 2. The van der Waals surface area contributed by atoms with Crippen molar-refractivity contribution < 1.29 is 37.3 Å². The zero-order valence-corrected chi connectivity index (χ0v) is 23.8. The fourth-order valence-electron chi connectivity index (χ4n) is 5.79. The number of esters is 1. The van der Waals surface area contributed by atoms with Gasteiger partial charge in [0, 0.05) is 25.2 Å². The molecule has 1 aliphatic carbocycles. The first-order valence-corrected chi connectivity index (χ1v) is 14.3. The normalized spacial score (nSPS) is 20.6. The number of carboxylic acids is 1. The van der Waals surface area contributed by atoms with Crippen molar-refractivity contribution in [3.8, 4) is 17.0 Å². The Hall–Kier alpha value is -4.12. The average Bonchev–Trinajstić information content (AvgIpc) is 3.76. The standard InChI is InChI=1S/C30H33N3O3.C2HF3O2/c1-2-35-29(34)30-13-15-33(19-24(30)17-30)28-9-5-7-26(32-28)25-6-3-4-8-27(25)36-20-21-10-11-23-18-31-14-12-22(23)16-21;3-2(4,5)1(6)7/h3-11,16,24,31H,2,12-15,17-20H2,1H3;(H,6,7)/t24-,30+;/m0./s1. The SMILES string of the molecule is CCOC(=O)[C@@]12CCN(c3cccc(-c4ccccc4OCc4ccc5c(c4)CCNC5)n3)C[C@@H]1C2.O=C(O)C(F)(F)F. The summed E-state index contributed by atoms with van der Waals surface area (Å²) in [5.41, 5.74) is 5.63. The molecule has 1 saturated heterocycles. The summed E-state index contributed by atoms with van der Waals surface area (Å²) >= 11 is 0. The van der Waals surface area contributed by atoms with Crippen molar-refractivity contribution in [2.75, 3.05) is 31.1 Å². The van der Waals surface area contributed by atoms with E-state index in [0.29, 0.717) is 19.1 Å². The van der Waals surface area contributed by atoms with Gasteiger partial charge in [0.1, 0.15) is 18.2 Å². The van der Waals surface area contributed by atoms with Crippen LogP contribution in [0.1, 0.15) is 36.5 Å². The van der Waals surface area contributed by atoms with E-state index in [-0.39, 0.29) is 11.4 Å². The van der Waals surface area contributed by atoms with Crippen LogP contribution in [0.3, 0.4) is 0 Å². The van der Waals surface area contributed by atoms with Crippen LogP contribution < -0.4 is 15.0 Å². The number of alkyl halides is 3. The Kier molecular flexibility index (Phi) is 8.91. The van der Waals surface area contributed by atoms with Gasteiger partial charge in [0.25, 0.3) is 0 Å². The first kappa shape index (κ1) is 30.3. The number of aliphatic carboxylic acids is 1. The molecule has 2 aliphatic heterocycles. The molecule has 6 rings (SSSR count). The van der Waals surface area contributed by atoms with Gasteiger partial charge >= 0.3 is 18.1 Å². The molecular weight excluding hydrogens is 563 g/mol. The third-order valence-corrected chi connectivity index (χ3v) is 8.20. The molecule has 2 aromatic carbocycles. The Balaban J connectivity index is 0.000000472. The molecule has 0 amide bonds. The molecule has 8 nitrogen and oxygen atoms in total. The lowest BCUT2D eigenvalue weighted by Crippen LogP contribution is -2.38. The molecule has 0 radical (unpaired) electrons. The Bertz CT molecular complexity index is 1480. The first-order valence-electron chi connectivity index (χ1n) is 14.3. The number of para-hydroxylation sites is 1. The zero-order valence-electron chi connectivity index (χ0n) is 23.8. The molecule has 3 aromatic rings. The van der Waals surface area contributed by atoms with Crippen LogP contribution in [0.25, 0.3) is 11.3 Å². The quantitative estimate of drug-likeness (QED) is 0.350. The zero-order chi connectivity index (χ0) is 30.6. The molecule has 11 heteroatoms. The van der Waals surface area contributed by atoms with Gasteiger partial charge in [0.05, 0.1) is 17.7 Å². The summed E-state index contributed by atoms with van der Waals surface area (Å²) in [6.07, 6.45) is -2.26. The molecular formula is C32H34F3N3O5. The molecule has 2 atom stereocenters. The summed E-state index contributed by atoms with van der Waals surface area (Å²) < 4.78 is 43.4. The summed E-state index contributed by atoms with van der Waals surface area (Å²) in [5.74, 6) is -0.622. The number of carbonyl (C=O) groups is 2. The molecule has 0 spiro atoms. The highest BCUT2D eigenvalue weighted by Gasteiger charge is 2.63. The van der Waals surface area contributed by atoms with Crippen LogP contribution in [0.4, 0.5) is 19.0 Å². The van der Waals surface area contributed by atoms with Crippen LogP contribution in [-0.4, -0.2) is 54.4 Å². The third-order valence-electron chi connectivity index (χ3n) is 8.20. The highest BCUT2D eigenvalue weighted by atomic mass is 19.4. The van der Waals surface area contributed by atoms with Gasteiger partial charge in [-0.3, -0.25) is 4.79 Å². The second kappa shape index (κ2) is 12.6. The van der Waals surface area contributed by atoms with E-state index in [2.05, 4.69) is 46.6 Å². The van der Waals surface area contributed by atoms with Crippen molar-refractivity contribution in [2.45, 2.75) is 45.5 Å². The topological polar surface area (TPSA) is 101 Å². The molecule has 1 aromatic heterocycles. The number of carbonyl (C=O) groups excluding carboxylic acids is 1. The van der Waals surface area contributed by atoms with Crippen LogP contribution in [0, 0.1) is 11.3 Å². The number of anilines is 1. The second-order valence-corrected chi connectivity index (χ2v) is 11.0. The lowest BCUT2D eigenvalue weighted by atomic mass is 9.95. The number of aromatic nitrogens is 1. The molecule has 43 heavy (non-hydrogen) atoms. The van der Waals surface area contributed by atoms with Gasteiger partial charge in [-0.1, -0.05) is 36.4 Å². The van der Waals surface area contributed by atoms with Gasteiger partial charge < -0.3 is 24.8 Å². The number of fused-ring (bicyclic) bond motifs is 2. The third kappa shape index (κ3) is 6.93. The van der Waals surface area contributed by atoms with Gasteiger partial charge in [-0.2, -0.15) is 13.2 Å². The first-order chi connectivity index (χ1) is 20.6. The maximum absolute atomic E-state index is 12.4. The highest BCUT2D eigenvalue weighted by Crippen LogP contribution is 2.59. The van der Waals surface area contributed by atoms with Crippen molar-refractivity contribution in [3.63, 3.8) is 0 Å². The molecule has 3 heterocycles. The lowest BCUT2D eigenvalue weighted by Gasteiger charge is -2.31. The monoisotopic (exact) mass is 597 g/mol. The van der Waals surface area contributed by atoms with E-state index in [0.717, 1.165) is 68.3 Å². The summed E-state index contributed by atoms with van der Waals surface area (Å²) in [5, 5.41) is 10.6. The van der Waals surface area contributed by atoms with Gasteiger partial charge in [-0.25, -0.2) is 9.78 Å². The summed E-state index contributed by atoms with van der Waals surface area (Å²) in [7, 11) is 0. The largest absolute Gasteiger partial charge is 0.490 e. The number of piperidine rings is 1. The fourth-order valence-corrected chi connectivity index (χ4v) is 5.79. The second-order valence-electron chi connectivity index (χ2n) is 11.0. The molecule has 2 N–H and O–H groups in total. The number of halogens is 3. The van der Waals surface area contributed by atoms with E-state index in [1.165, 1.54) is 16.7 Å². The fraction of sp³-hybridized carbons (Fsp3) is 0.406. The Labute approximate surface area is 247 Å². The number of ether oxygens (including phenoxy) is 2. The predicted molar refractivity (Wildman–Crippen MR) is 154 cm³/mol. The number of hydrogen-bond acceptors (Lipinski definition) is 7. The molecule has 228 valence electrons. The maximum atomic E-state index is 12.4. The van der Waals surface area contributed by atoms with E-state index < -0.39 is 12.1 Å². The Morgan fingerprint density at radius 1 is 1.12 bits per heavy atom. The minimum Gasteiger partial charge on any atom is -0.488 e. The number of benzene rings is 2. The minimum atomic E-state index is -5.08. The summed E-state index contributed by atoms with van der Waals surface area (Å²) in [6, 6.07) is 21.0. The molecule has 2 fully saturated rings. The molecule has 0 bridgehead atoms. The van der Waals surface area contributed by atoms with E-state index in [1.807, 2.05) is 31.2 Å². The predicted octanol–water partition coefficient (Wildman–Crippen LogP) is 5.39. The van der Waals surface area contributed by atoms with Crippen LogP contribution in [0.2, 0.25) is 0 Å². The number of nitrogens with one attached hydrogen (secondary N) is 1. The van der Waals surface area contributed by atoms with Crippen LogP contribution in [-0.2, 0) is 33.9 Å². The van der Waals surface area contributed by atoms with Gasteiger partial charge in [0.2, 0.25) is 0 Å². The van der Waals surface area contributed by atoms with Crippen LogP contribution in [0.15, 0.2) is 60.7 Å². The van der Waals surface area contributed by atoms with Gasteiger partial charge in [0.15, 0.2) is 0 Å². The van der Waals surface area contributed by atoms with Gasteiger partial charge in [-0.15, -0.1) is 0 Å². The highest BCUT2D eigenvalue weighted by molar-refractivity contribution is 5.81. The van der Waals surface area contributed by atoms with Crippen LogP contribution >= 0.6 is 0 Å². The maximum Gasteiger partial charge on any atom is 0.490 e. The summed E-state index contributed by atoms with van der Waals surface area (Å²) in [6.45, 7) is 6.50. The van der Waals surface area contributed by atoms with Crippen molar-refractivity contribution >= 4 is 17.8 Å². The minimum absolute atomic E-state index is 0.0157. The van der Waals surface area contributed by atoms with Gasteiger partial charge in [-0.05, 0) is 79.6 Å². The molecule has 1 saturated carbocycles. The van der Waals surface area contributed by atoms with Crippen molar-refractivity contribution in [2.24, 2.45) is 11.3 Å². The number of rotatable bonds is 7. The Morgan fingerprint density at radius 2 is 1.91 bits per heavy atom. The van der Waals surface area contributed by atoms with E-state index >= 15 is 0 Å². The van der Waals surface area contributed by atoms with E-state index in [9.17, 15) is 18.0 Å². The number of pyridine rings is 1. The van der Waals surface area contributed by atoms with Crippen molar-refractivity contribution in [3.05, 3.63) is 77.4 Å². The van der Waals surface area contributed by atoms with Crippen LogP contribution in [0.5, 0.6) is 5.75 Å². The summed E-state index contributed by atoms with van der Waals surface area (Å²) in [4.78, 5) is 28.7. The van der Waals surface area contributed by atoms with E-state index in [1.54, 1.807) is 0 Å². The molecule has 0 unspecified atom stereocenters. The number of carboxylic acid groups (broad SMARTS) is 1. The van der Waals surface area contributed by atoms with Crippen molar-refractivity contribution in [1.82, 2.24) is 10.3 Å². The van der Waals surface area contributed by atoms with Crippen molar-refractivity contribution in [1.29, 1.82) is 0 Å². The number of hydrogen-bond donors (Lipinski definition) is 2.